The fourth-order valence-corrected chi connectivity index (χ4v) is 4.00. The van der Waals surface area contributed by atoms with Crippen LogP contribution in [-0.4, -0.2) is 22.7 Å². The van der Waals surface area contributed by atoms with Crippen molar-refractivity contribution in [3.05, 3.63) is 102 Å². The summed E-state index contributed by atoms with van der Waals surface area (Å²) in [5.41, 5.74) is 11.3. The maximum Gasteiger partial charge on any atom is 0.227 e. The Hall–Kier alpha value is -3.64. The number of amides is 1. The van der Waals surface area contributed by atoms with E-state index in [0.29, 0.717) is 18.7 Å². The maximum absolute atomic E-state index is 13.3. The molecular formula is C31H43N5O. The molecule has 37 heavy (non-hydrogen) atoms. The maximum atomic E-state index is 13.3. The van der Waals surface area contributed by atoms with Crippen LogP contribution in [0, 0.1) is 11.3 Å². The number of hydrogen-bond donors (Lipinski definition) is 4. The van der Waals surface area contributed by atoms with Gasteiger partial charge in [-0.05, 0) is 70.6 Å². The van der Waals surface area contributed by atoms with Gasteiger partial charge in [-0.15, -0.1) is 0 Å². The van der Waals surface area contributed by atoms with Crippen LogP contribution in [0.5, 0.6) is 0 Å². The van der Waals surface area contributed by atoms with E-state index in [0.717, 1.165) is 41.8 Å². The van der Waals surface area contributed by atoms with Crippen LogP contribution in [-0.2, 0) is 17.8 Å². The number of benzene rings is 2. The zero-order valence-electron chi connectivity index (χ0n) is 22.8. The summed E-state index contributed by atoms with van der Waals surface area (Å²) in [5.74, 6) is -0.294. The van der Waals surface area contributed by atoms with E-state index in [9.17, 15) is 4.79 Å². The van der Waals surface area contributed by atoms with E-state index >= 15 is 0 Å². The van der Waals surface area contributed by atoms with Crippen LogP contribution in [0.25, 0.3) is 0 Å². The van der Waals surface area contributed by atoms with Crippen molar-refractivity contribution >= 4 is 17.9 Å². The van der Waals surface area contributed by atoms with Crippen molar-refractivity contribution in [1.82, 2.24) is 10.2 Å². The summed E-state index contributed by atoms with van der Waals surface area (Å²) in [4.78, 5) is 15.1. The van der Waals surface area contributed by atoms with Crippen molar-refractivity contribution in [3.8, 4) is 0 Å². The quantitative estimate of drug-likeness (QED) is 0.130. The predicted octanol–water partition coefficient (Wildman–Crippen LogP) is 6.34. The van der Waals surface area contributed by atoms with E-state index < -0.39 is 5.54 Å². The van der Waals surface area contributed by atoms with Crippen molar-refractivity contribution in [2.75, 3.05) is 5.32 Å². The largest absolute Gasteiger partial charge is 0.359 e. The number of nitrogens with two attached hydrogens (primary N) is 1. The summed E-state index contributed by atoms with van der Waals surface area (Å²) in [5, 5.41) is 14.2. The van der Waals surface area contributed by atoms with Crippen LogP contribution in [0.3, 0.4) is 0 Å². The molecule has 0 aliphatic heterocycles. The number of anilines is 1. The van der Waals surface area contributed by atoms with Crippen LogP contribution in [0.1, 0.15) is 58.1 Å². The van der Waals surface area contributed by atoms with Crippen molar-refractivity contribution < 1.29 is 4.79 Å². The minimum atomic E-state index is -0.551. The Labute approximate surface area is 222 Å². The SMILES string of the molecule is C=C(C)Nc1ccccc1CN(C=N)/C=C(\C)NC(=O)C(CCCc1ccccc1)CC(=C)C(C)(C)N. The van der Waals surface area contributed by atoms with Crippen molar-refractivity contribution in [2.24, 2.45) is 11.7 Å². The van der Waals surface area contributed by atoms with Gasteiger partial charge in [-0.1, -0.05) is 67.3 Å². The molecule has 0 aromatic heterocycles. The van der Waals surface area contributed by atoms with Crippen molar-refractivity contribution in [2.45, 2.75) is 65.5 Å². The predicted molar refractivity (Wildman–Crippen MR) is 156 cm³/mol. The number of rotatable bonds is 15. The third-order valence-corrected chi connectivity index (χ3v) is 6.20. The number of aryl methyl sites for hydroxylation is 1. The topological polar surface area (TPSA) is 94.2 Å². The van der Waals surface area contributed by atoms with Gasteiger partial charge >= 0.3 is 0 Å². The number of allylic oxidation sites excluding steroid dienone is 2. The van der Waals surface area contributed by atoms with E-state index in [1.165, 1.54) is 11.9 Å². The van der Waals surface area contributed by atoms with E-state index in [-0.39, 0.29) is 11.8 Å². The summed E-state index contributed by atoms with van der Waals surface area (Å²) in [7, 11) is 0. The Morgan fingerprint density at radius 3 is 2.38 bits per heavy atom. The number of nitrogens with zero attached hydrogens (tertiary/aromatic N) is 1. The number of para-hydroxylation sites is 1. The Balaban J connectivity index is 2.09. The first-order valence-corrected chi connectivity index (χ1v) is 12.8. The highest BCUT2D eigenvalue weighted by Crippen LogP contribution is 2.24. The molecule has 0 aliphatic carbocycles. The minimum absolute atomic E-state index is 0.0542. The van der Waals surface area contributed by atoms with Gasteiger partial charge in [0.25, 0.3) is 0 Å². The molecule has 1 unspecified atom stereocenters. The van der Waals surface area contributed by atoms with E-state index in [2.05, 4.69) is 35.9 Å². The molecule has 2 rings (SSSR count). The van der Waals surface area contributed by atoms with Gasteiger partial charge in [0.1, 0.15) is 0 Å². The zero-order valence-corrected chi connectivity index (χ0v) is 22.8. The molecule has 1 amide bonds. The highest BCUT2D eigenvalue weighted by molar-refractivity contribution is 5.80. The first kappa shape index (κ1) is 29.6. The molecule has 6 nitrogen and oxygen atoms in total. The van der Waals surface area contributed by atoms with Gasteiger partial charge in [0, 0.05) is 34.7 Å². The smallest absolute Gasteiger partial charge is 0.227 e. The minimum Gasteiger partial charge on any atom is -0.359 e. The van der Waals surface area contributed by atoms with Gasteiger partial charge < -0.3 is 21.3 Å². The number of hydrogen-bond acceptors (Lipinski definition) is 4. The van der Waals surface area contributed by atoms with E-state index in [1.807, 2.05) is 70.2 Å². The van der Waals surface area contributed by atoms with E-state index in [4.69, 9.17) is 11.1 Å². The number of carbonyl (C=O) groups is 1. The fourth-order valence-electron chi connectivity index (χ4n) is 4.00. The van der Waals surface area contributed by atoms with Crippen molar-refractivity contribution in [3.63, 3.8) is 0 Å². The zero-order chi connectivity index (χ0) is 27.4. The lowest BCUT2D eigenvalue weighted by Gasteiger charge is -2.26. The molecule has 2 aromatic rings. The normalized spacial score (nSPS) is 12.4. The molecule has 0 fully saturated rings. The van der Waals surface area contributed by atoms with Gasteiger partial charge in [0.05, 0.1) is 12.9 Å². The molecule has 198 valence electrons. The first-order chi connectivity index (χ1) is 17.5. The van der Waals surface area contributed by atoms with Crippen LogP contribution < -0.4 is 16.4 Å². The summed E-state index contributed by atoms with van der Waals surface area (Å²) < 4.78 is 0. The molecule has 0 saturated carbocycles. The molecule has 5 N–H and O–H groups in total. The Bertz CT molecular complexity index is 1100. The molecule has 0 saturated heterocycles. The Morgan fingerprint density at radius 2 is 1.76 bits per heavy atom. The Kier molecular flexibility index (Phi) is 11.3. The molecule has 0 radical (unpaired) electrons. The molecule has 0 heterocycles. The molecule has 0 spiro atoms. The fraction of sp³-hybridized carbons (Fsp3) is 0.355. The molecule has 1 atom stereocenters. The average molecular weight is 502 g/mol. The third kappa shape index (κ3) is 10.5. The average Bonchev–Trinajstić information content (AvgIpc) is 2.83. The van der Waals surface area contributed by atoms with Crippen LogP contribution >= 0.6 is 0 Å². The second-order valence-electron chi connectivity index (χ2n) is 10.3. The Morgan fingerprint density at radius 1 is 1.11 bits per heavy atom. The molecule has 0 aliphatic rings. The second kappa shape index (κ2) is 14.2. The highest BCUT2D eigenvalue weighted by atomic mass is 16.1. The van der Waals surface area contributed by atoms with Gasteiger partial charge in [0.2, 0.25) is 5.91 Å². The lowest BCUT2D eigenvalue weighted by molar-refractivity contribution is -0.124. The molecular weight excluding hydrogens is 458 g/mol. The number of nitrogens with one attached hydrogen (secondary N) is 3. The van der Waals surface area contributed by atoms with Crippen LogP contribution in [0.2, 0.25) is 0 Å². The van der Waals surface area contributed by atoms with Crippen molar-refractivity contribution in [1.29, 1.82) is 5.41 Å². The molecule has 0 bridgehead atoms. The molecule has 6 heteroatoms. The van der Waals surface area contributed by atoms with E-state index in [1.54, 1.807) is 11.1 Å². The highest BCUT2D eigenvalue weighted by Gasteiger charge is 2.24. The number of carbonyl (C=O) groups excluding carboxylic acids is 1. The first-order valence-electron chi connectivity index (χ1n) is 12.8. The molecule has 2 aromatic carbocycles. The lowest BCUT2D eigenvalue weighted by Crippen LogP contribution is -2.37. The van der Waals surface area contributed by atoms with Gasteiger partial charge in [0.15, 0.2) is 0 Å². The van der Waals surface area contributed by atoms with Gasteiger partial charge in [-0.25, -0.2) is 0 Å². The van der Waals surface area contributed by atoms with Crippen LogP contribution in [0.4, 0.5) is 5.69 Å². The third-order valence-electron chi connectivity index (χ3n) is 6.20. The summed E-state index contributed by atoms with van der Waals surface area (Å²) in [6.07, 6.45) is 6.11. The van der Waals surface area contributed by atoms with Gasteiger partial charge in [-0.2, -0.15) is 0 Å². The standard InChI is InChI=1S/C31H43N5O/c1-23(2)34-29-18-11-10-16-28(29)21-36(22-32)20-25(4)35-30(37)27(19-24(3)31(5,6)33)17-12-15-26-13-8-7-9-14-26/h7-11,13-14,16,18,20,22,27,32,34H,1,3,12,15,17,19,21,33H2,2,4-6H3,(H,35,37)/b25-20+,32-22?. The summed E-state index contributed by atoms with van der Waals surface area (Å²) in [6, 6.07) is 18.2. The summed E-state index contributed by atoms with van der Waals surface area (Å²) >= 11 is 0. The second-order valence-corrected chi connectivity index (χ2v) is 10.3. The van der Waals surface area contributed by atoms with Gasteiger partial charge in [-0.3, -0.25) is 10.2 Å². The summed E-state index contributed by atoms with van der Waals surface area (Å²) in [6.45, 7) is 16.1. The lowest BCUT2D eigenvalue weighted by atomic mass is 9.85. The monoisotopic (exact) mass is 501 g/mol. The van der Waals surface area contributed by atoms with Crippen LogP contribution in [0.15, 0.2) is 90.9 Å².